The maximum absolute atomic E-state index is 11.7. The predicted octanol–water partition coefficient (Wildman–Crippen LogP) is 0.876. The molecular weight excluding hydrogens is 282 g/mol. The zero-order chi connectivity index (χ0) is 15.1. The Kier molecular flexibility index (Phi) is 6.10. The molecule has 1 rings (SSSR count). The van der Waals surface area contributed by atoms with E-state index in [1.165, 1.54) is 5.38 Å². The molecule has 0 radical (unpaired) electrons. The maximum atomic E-state index is 11.7. The molecule has 1 aromatic heterocycles. The van der Waals surface area contributed by atoms with Gasteiger partial charge in [0.05, 0.1) is 0 Å². The number of aromatic carboxylic acids is 1. The molecule has 20 heavy (non-hydrogen) atoms. The number of rotatable bonds is 7. The third kappa shape index (κ3) is 4.96. The third-order valence-electron chi connectivity index (χ3n) is 2.57. The number of thiazole rings is 1. The second-order valence-corrected chi connectivity index (χ2v) is 5.08. The molecular formula is C12H17N3O4S. The van der Waals surface area contributed by atoms with E-state index in [1.807, 2.05) is 13.8 Å². The van der Waals surface area contributed by atoms with Crippen LogP contribution < -0.4 is 10.6 Å². The number of carbonyl (C=O) groups is 3. The SMILES string of the molecule is CCC(C)NC(=O)CCNC(=O)c1nc(C(=O)O)cs1. The molecule has 1 atom stereocenters. The van der Waals surface area contributed by atoms with Crippen molar-refractivity contribution in [1.82, 2.24) is 15.6 Å². The Morgan fingerprint density at radius 1 is 1.45 bits per heavy atom. The van der Waals surface area contributed by atoms with Gasteiger partial charge in [0, 0.05) is 24.4 Å². The number of nitrogens with zero attached hydrogens (tertiary/aromatic N) is 1. The first-order valence-electron chi connectivity index (χ1n) is 6.20. The Morgan fingerprint density at radius 2 is 2.15 bits per heavy atom. The number of hydrogen-bond acceptors (Lipinski definition) is 5. The molecule has 7 nitrogen and oxygen atoms in total. The summed E-state index contributed by atoms with van der Waals surface area (Å²) in [6, 6.07) is 0.107. The highest BCUT2D eigenvalue weighted by Crippen LogP contribution is 2.09. The fourth-order valence-corrected chi connectivity index (χ4v) is 2.00. The van der Waals surface area contributed by atoms with Gasteiger partial charge in [-0.25, -0.2) is 9.78 Å². The maximum Gasteiger partial charge on any atom is 0.355 e. The first-order valence-corrected chi connectivity index (χ1v) is 7.08. The normalized spacial score (nSPS) is 11.7. The Labute approximate surface area is 120 Å². The number of carboxylic acid groups (broad SMARTS) is 1. The lowest BCUT2D eigenvalue weighted by Gasteiger charge is -2.11. The summed E-state index contributed by atoms with van der Waals surface area (Å²) in [5.41, 5.74) is -0.158. The van der Waals surface area contributed by atoms with Gasteiger partial charge in [0.25, 0.3) is 5.91 Å². The molecule has 0 aliphatic carbocycles. The zero-order valence-corrected chi connectivity index (χ0v) is 12.1. The Balaban J connectivity index is 2.36. The summed E-state index contributed by atoms with van der Waals surface area (Å²) < 4.78 is 0. The van der Waals surface area contributed by atoms with Gasteiger partial charge in [-0.3, -0.25) is 9.59 Å². The van der Waals surface area contributed by atoms with Crippen molar-refractivity contribution in [3.05, 3.63) is 16.1 Å². The van der Waals surface area contributed by atoms with Gasteiger partial charge in [0.2, 0.25) is 5.91 Å². The fourth-order valence-electron chi connectivity index (χ4n) is 1.29. The van der Waals surface area contributed by atoms with Gasteiger partial charge in [0.1, 0.15) is 0 Å². The lowest BCUT2D eigenvalue weighted by molar-refractivity contribution is -0.121. The van der Waals surface area contributed by atoms with Crippen molar-refractivity contribution in [3.8, 4) is 0 Å². The van der Waals surface area contributed by atoms with Crippen LogP contribution in [-0.4, -0.2) is 40.5 Å². The average molecular weight is 299 g/mol. The molecule has 2 amide bonds. The van der Waals surface area contributed by atoms with E-state index in [1.54, 1.807) is 0 Å². The summed E-state index contributed by atoms with van der Waals surface area (Å²) in [7, 11) is 0. The van der Waals surface area contributed by atoms with Gasteiger partial charge >= 0.3 is 5.97 Å². The molecule has 0 aromatic carbocycles. The molecule has 0 aliphatic heterocycles. The van der Waals surface area contributed by atoms with Crippen LogP contribution in [0.3, 0.4) is 0 Å². The lowest BCUT2D eigenvalue weighted by Crippen LogP contribution is -2.35. The second-order valence-electron chi connectivity index (χ2n) is 4.23. The third-order valence-corrected chi connectivity index (χ3v) is 3.42. The quantitative estimate of drug-likeness (QED) is 0.692. The minimum atomic E-state index is -1.17. The van der Waals surface area contributed by atoms with Crippen LogP contribution in [0.2, 0.25) is 0 Å². The van der Waals surface area contributed by atoms with Crippen molar-refractivity contribution in [1.29, 1.82) is 0 Å². The minimum absolute atomic E-state index is 0.0738. The molecule has 0 bridgehead atoms. The van der Waals surface area contributed by atoms with E-state index in [0.29, 0.717) is 0 Å². The molecule has 3 N–H and O–H groups in total. The highest BCUT2D eigenvalue weighted by atomic mass is 32.1. The van der Waals surface area contributed by atoms with Crippen LogP contribution >= 0.6 is 11.3 Å². The van der Waals surface area contributed by atoms with Gasteiger partial charge in [-0.2, -0.15) is 0 Å². The van der Waals surface area contributed by atoms with Crippen LogP contribution in [0.1, 0.15) is 47.0 Å². The van der Waals surface area contributed by atoms with E-state index in [2.05, 4.69) is 15.6 Å². The number of hydrogen-bond donors (Lipinski definition) is 3. The van der Waals surface area contributed by atoms with Crippen LogP contribution in [0.15, 0.2) is 5.38 Å². The summed E-state index contributed by atoms with van der Waals surface area (Å²) in [4.78, 5) is 37.4. The van der Waals surface area contributed by atoms with Gasteiger partial charge in [-0.15, -0.1) is 11.3 Å². The zero-order valence-electron chi connectivity index (χ0n) is 11.3. The second kappa shape index (κ2) is 7.59. The molecule has 1 heterocycles. The number of aromatic nitrogens is 1. The minimum Gasteiger partial charge on any atom is -0.476 e. The van der Waals surface area contributed by atoms with E-state index >= 15 is 0 Å². The van der Waals surface area contributed by atoms with Crippen LogP contribution in [0.25, 0.3) is 0 Å². The van der Waals surface area contributed by atoms with E-state index in [9.17, 15) is 14.4 Å². The van der Waals surface area contributed by atoms with Crippen LogP contribution in [0.4, 0.5) is 0 Å². The van der Waals surface area contributed by atoms with Crippen molar-refractivity contribution in [2.24, 2.45) is 0 Å². The average Bonchev–Trinajstić information content (AvgIpc) is 2.88. The van der Waals surface area contributed by atoms with E-state index in [4.69, 9.17) is 5.11 Å². The summed E-state index contributed by atoms with van der Waals surface area (Å²) in [6.45, 7) is 4.05. The van der Waals surface area contributed by atoms with Gasteiger partial charge in [0.15, 0.2) is 10.7 Å². The van der Waals surface area contributed by atoms with Gasteiger partial charge < -0.3 is 15.7 Å². The van der Waals surface area contributed by atoms with E-state index < -0.39 is 11.9 Å². The molecule has 8 heteroatoms. The smallest absolute Gasteiger partial charge is 0.355 e. The van der Waals surface area contributed by atoms with Crippen LogP contribution in [0, 0.1) is 0 Å². The largest absolute Gasteiger partial charge is 0.476 e. The van der Waals surface area contributed by atoms with Crippen molar-refractivity contribution >= 4 is 29.1 Å². The molecule has 0 saturated carbocycles. The molecule has 1 aromatic rings. The number of nitrogens with one attached hydrogen (secondary N) is 2. The molecule has 110 valence electrons. The standard InChI is InChI=1S/C12H17N3O4S/c1-3-7(2)14-9(16)4-5-13-10(17)11-15-8(6-20-11)12(18)19/h6-7H,3-5H2,1-2H3,(H,13,17)(H,14,16)(H,18,19). The molecule has 1 unspecified atom stereocenters. The van der Waals surface area contributed by atoms with Crippen molar-refractivity contribution in [3.63, 3.8) is 0 Å². The van der Waals surface area contributed by atoms with Gasteiger partial charge in [-0.05, 0) is 13.3 Å². The highest BCUT2D eigenvalue weighted by molar-refractivity contribution is 7.11. The van der Waals surface area contributed by atoms with Crippen LogP contribution in [-0.2, 0) is 4.79 Å². The van der Waals surface area contributed by atoms with E-state index in [0.717, 1.165) is 17.8 Å². The van der Waals surface area contributed by atoms with Crippen molar-refractivity contribution in [2.75, 3.05) is 6.54 Å². The predicted molar refractivity (Wildman–Crippen MR) is 73.9 cm³/mol. The monoisotopic (exact) mass is 299 g/mol. The summed E-state index contributed by atoms with van der Waals surface area (Å²) >= 11 is 0.955. The molecule has 0 aliphatic rings. The Hall–Kier alpha value is -1.96. The number of carbonyl (C=O) groups excluding carboxylic acids is 2. The fraction of sp³-hybridized carbons (Fsp3) is 0.500. The van der Waals surface area contributed by atoms with Crippen molar-refractivity contribution < 1.29 is 19.5 Å². The molecule has 0 saturated heterocycles. The first-order chi connectivity index (χ1) is 9.43. The lowest BCUT2D eigenvalue weighted by atomic mass is 10.2. The number of carboxylic acids is 1. The Morgan fingerprint density at radius 3 is 2.70 bits per heavy atom. The summed E-state index contributed by atoms with van der Waals surface area (Å²) in [5.74, 6) is -1.78. The van der Waals surface area contributed by atoms with Crippen LogP contribution in [0.5, 0.6) is 0 Å². The van der Waals surface area contributed by atoms with E-state index in [-0.39, 0.29) is 35.6 Å². The molecule has 0 spiro atoms. The van der Waals surface area contributed by atoms with Gasteiger partial charge in [-0.1, -0.05) is 6.92 Å². The first kappa shape index (κ1) is 16.1. The molecule has 0 fully saturated rings. The topological polar surface area (TPSA) is 108 Å². The highest BCUT2D eigenvalue weighted by Gasteiger charge is 2.14. The Bertz CT molecular complexity index is 501. The summed E-state index contributed by atoms with van der Waals surface area (Å²) in [5, 5.41) is 15.4. The summed E-state index contributed by atoms with van der Waals surface area (Å²) in [6.07, 6.45) is 1.02. The number of amides is 2. The van der Waals surface area contributed by atoms with Crippen molar-refractivity contribution in [2.45, 2.75) is 32.7 Å².